The second-order valence-electron chi connectivity index (χ2n) is 6.03. The molecule has 2 aromatic heterocycles. The predicted octanol–water partition coefficient (Wildman–Crippen LogP) is 3.01. The van der Waals surface area contributed by atoms with E-state index in [1.54, 1.807) is 13.0 Å². The molecule has 3 aromatic rings. The maximum absolute atomic E-state index is 14.6. The number of Topliss-reactive ketones (excluding diaryl/α,β-unsaturated/α-hetero) is 1. The van der Waals surface area contributed by atoms with Crippen molar-refractivity contribution in [3.8, 4) is 0 Å². The van der Waals surface area contributed by atoms with Gasteiger partial charge in [-0.1, -0.05) is 29.5 Å². The molecule has 140 valence electrons. The van der Waals surface area contributed by atoms with Crippen molar-refractivity contribution >= 4 is 33.9 Å². The highest BCUT2D eigenvalue weighted by Crippen LogP contribution is 2.43. The highest BCUT2D eigenvalue weighted by Gasteiger charge is 2.49. The van der Waals surface area contributed by atoms with Gasteiger partial charge in [0.1, 0.15) is 22.6 Å². The van der Waals surface area contributed by atoms with Crippen molar-refractivity contribution in [2.24, 2.45) is 0 Å². The van der Waals surface area contributed by atoms with Crippen LogP contribution in [0.2, 0.25) is 0 Å². The lowest BCUT2D eigenvalue weighted by atomic mass is 9.95. The topological polar surface area (TPSA) is 96.3 Å². The van der Waals surface area contributed by atoms with E-state index in [4.69, 9.17) is 0 Å². The van der Waals surface area contributed by atoms with Gasteiger partial charge in [-0.05, 0) is 25.1 Å². The smallest absolute Gasteiger partial charge is 0.301 e. The molecule has 7 nitrogen and oxygen atoms in total. The molecule has 1 fully saturated rings. The lowest BCUT2D eigenvalue weighted by molar-refractivity contribution is -0.132. The van der Waals surface area contributed by atoms with Crippen molar-refractivity contribution in [2.45, 2.75) is 13.0 Å². The molecule has 9 heteroatoms. The van der Waals surface area contributed by atoms with Gasteiger partial charge in [0.15, 0.2) is 0 Å². The van der Waals surface area contributed by atoms with Gasteiger partial charge in [0.2, 0.25) is 5.13 Å². The third-order valence-electron chi connectivity index (χ3n) is 4.32. The molecule has 1 N–H and O–H groups in total. The molecule has 1 aliphatic rings. The first-order valence-electron chi connectivity index (χ1n) is 8.25. The van der Waals surface area contributed by atoms with Gasteiger partial charge in [-0.25, -0.2) is 4.39 Å². The summed E-state index contributed by atoms with van der Waals surface area (Å²) < 4.78 is 14.6. The maximum atomic E-state index is 14.6. The first kappa shape index (κ1) is 17.9. The van der Waals surface area contributed by atoms with Crippen LogP contribution in [-0.2, 0) is 9.59 Å². The molecule has 1 atom stereocenters. The van der Waals surface area contributed by atoms with Crippen molar-refractivity contribution in [1.82, 2.24) is 15.2 Å². The quantitative estimate of drug-likeness (QED) is 0.415. The Balaban J connectivity index is 1.98. The number of halogens is 1. The standard InChI is InChI=1S/C19H13FN4O3S/c1-10-22-23-19(28-10)24-15(12-4-2-3-5-13(12)20)14(17(26)18(24)27)16(25)11-6-8-21-9-7-11/h2-9,15,25H,1H3. The van der Waals surface area contributed by atoms with Crippen LogP contribution in [0.1, 0.15) is 22.2 Å². The van der Waals surface area contributed by atoms with Crippen molar-refractivity contribution in [2.75, 3.05) is 4.90 Å². The Kier molecular flexibility index (Phi) is 4.44. The van der Waals surface area contributed by atoms with Crippen LogP contribution < -0.4 is 4.90 Å². The number of hydrogen-bond donors (Lipinski definition) is 1. The Morgan fingerprint density at radius 1 is 1.14 bits per heavy atom. The number of carbonyl (C=O) groups is 2. The van der Waals surface area contributed by atoms with Gasteiger partial charge < -0.3 is 5.11 Å². The van der Waals surface area contributed by atoms with E-state index in [1.807, 2.05) is 0 Å². The zero-order valence-electron chi connectivity index (χ0n) is 14.5. The molecule has 1 saturated heterocycles. The fourth-order valence-corrected chi connectivity index (χ4v) is 3.78. The molecule has 1 unspecified atom stereocenters. The van der Waals surface area contributed by atoms with Crippen LogP contribution in [0.3, 0.4) is 0 Å². The first-order chi connectivity index (χ1) is 13.5. The summed E-state index contributed by atoms with van der Waals surface area (Å²) >= 11 is 1.10. The summed E-state index contributed by atoms with van der Waals surface area (Å²) in [5, 5.41) is 19.4. The minimum absolute atomic E-state index is 0.0742. The zero-order chi connectivity index (χ0) is 19.8. The average Bonchev–Trinajstić information content (AvgIpc) is 3.23. The number of aromatic nitrogens is 3. The van der Waals surface area contributed by atoms with Gasteiger partial charge in [-0.15, -0.1) is 10.2 Å². The van der Waals surface area contributed by atoms with E-state index in [-0.39, 0.29) is 16.3 Å². The fraction of sp³-hybridized carbons (Fsp3) is 0.105. The molecule has 1 aliphatic heterocycles. The zero-order valence-corrected chi connectivity index (χ0v) is 15.4. The summed E-state index contributed by atoms with van der Waals surface area (Å²) in [5.74, 6) is -2.84. The average molecular weight is 396 g/mol. The highest BCUT2D eigenvalue weighted by atomic mass is 32.1. The van der Waals surface area contributed by atoms with E-state index in [1.165, 1.54) is 42.7 Å². The first-order valence-corrected chi connectivity index (χ1v) is 9.06. The second kappa shape index (κ2) is 6.93. The van der Waals surface area contributed by atoms with Gasteiger partial charge in [-0.2, -0.15) is 0 Å². The summed E-state index contributed by atoms with van der Waals surface area (Å²) in [6.07, 6.45) is 2.88. The summed E-state index contributed by atoms with van der Waals surface area (Å²) in [6, 6.07) is 7.62. The van der Waals surface area contributed by atoms with Gasteiger partial charge in [0.05, 0.1) is 5.57 Å². The van der Waals surface area contributed by atoms with Crippen molar-refractivity contribution in [3.05, 3.63) is 76.3 Å². The Bertz CT molecular complexity index is 1110. The summed E-state index contributed by atoms with van der Waals surface area (Å²) in [5.41, 5.74) is 0.155. The summed E-state index contributed by atoms with van der Waals surface area (Å²) in [6.45, 7) is 1.70. The number of hydrogen-bond acceptors (Lipinski definition) is 7. The van der Waals surface area contributed by atoms with Crippen LogP contribution in [0.25, 0.3) is 5.76 Å². The number of carbonyl (C=O) groups excluding carboxylic acids is 2. The monoisotopic (exact) mass is 396 g/mol. The number of nitrogens with zero attached hydrogens (tertiary/aromatic N) is 4. The molecule has 1 aromatic carbocycles. The van der Waals surface area contributed by atoms with Crippen molar-refractivity contribution < 1.29 is 19.1 Å². The molecule has 4 rings (SSSR count). The van der Waals surface area contributed by atoms with E-state index in [0.717, 1.165) is 16.2 Å². The van der Waals surface area contributed by atoms with Gasteiger partial charge in [-0.3, -0.25) is 19.5 Å². The molecular weight excluding hydrogens is 383 g/mol. The minimum Gasteiger partial charge on any atom is -0.507 e. The van der Waals surface area contributed by atoms with Gasteiger partial charge in [0, 0.05) is 23.5 Å². The lowest BCUT2D eigenvalue weighted by Crippen LogP contribution is -2.29. The third-order valence-corrected chi connectivity index (χ3v) is 5.16. The van der Waals surface area contributed by atoms with E-state index in [2.05, 4.69) is 15.2 Å². The molecule has 0 radical (unpaired) electrons. The largest absolute Gasteiger partial charge is 0.507 e. The molecule has 0 aliphatic carbocycles. The predicted molar refractivity (Wildman–Crippen MR) is 100 cm³/mol. The number of anilines is 1. The molecular formula is C19H13FN4O3S. The fourth-order valence-electron chi connectivity index (χ4n) is 3.07. The van der Waals surface area contributed by atoms with Crippen LogP contribution in [0.4, 0.5) is 9.52 Å². The SMILES string of the molecule is Cc1nnc(N2C(=O)C(=O)C(=C(O)c3ccncc3)C2c2ccccc2F)s1. The van der Waals surface area contributed by atoms with Crippen LogP contribution in [0.15, 0.2) is 54.4 Å². The Morgan fingerprint density at radius 3 is 2.50 bits per heavy atom. The number of ketones is 1. The van der Waals surface area contributed by atoms with Crippen LogP contribution in [-0.4, -0.2) is 32.0 Å². The normalized spacial score (nSPS) is 18.6. The Hall–Kier alpha value is -3.46. The van der Waals surface area contributed by atoms with Crippen LogP contribution in [0, 0.1) is 12.7 Å². The minimum atomic E-state index is -1.17. The Morgan fingerprint density at radius 2 is 1.86 bits per heavy atom. The number of amides is 1. The molecule has 0 saturated carbocycles. The van der Waals surface area contributed by atoms with E-state index in [9.17, 15) is 19.1 Å². The van der Waals surface area contributed by atoms with E-state index in [0.29, 0.717) is 10.6 Å². The van der Waals surface area contributed by atoms with Crippen LogP contribution >= 0.6 is 11.3 Å². The van der Waals surface area contributed by atoms with Gasteiger partial charge in [0.25, 0.3) is 5.78 Å². The number of benzene rings is 1. The summed E-state index contributed by atoms with van der Waals surface area (Å²) in [7, 11) is 0. The second-order valence-corrected chi connectivity index (χ2v) is 7.19. The number of pyridine rings is 1. The molecule has 28 heavy (non-hydrogen) atoms. The van der Waals surface area contributed by atoms with Crippen molar-refractivity contribution in [3.63, 3.8) is 0 Å². The molecule has 1 amide bonds. The number of aliphatic hydroxyl groups excluding tert-OH is 1. The highest BCUT2D eigenvalue weighted by molar-refractivity contribution is 7.15. The number of aliphatic hydroxyl groups is 1. The lowest BCUT2D eigenvalue weighted by Gasteiger charge is -2.22. The molecule has 0 bridgehead atoms. The number of rotatable bonds is 3. The van der Waals surface area contributed by atoms with Crippen molar-refractivity contribution in [1.29, 1.82) is 0 Å². The molecule has 3 heterocycles. The van der Waals surface area contributed by atoms with Crippen LogP contribution in [0.5, 0.6) is 0 Å². The summed E-state index contributed by atoms with van der Waals surface area (Å²) in [4.78, 5) is 30.6. The molecule has 0 spiro atoms. The van der Waals surface area contributed by atoms with E-state index < -0.39 is 29.3 Å². The van der Waals surface area contributed by atoms with Gasteiger partial charge >= 0.3 is 5.91 Å². The Labute approximate surface area is 162 Å². The number of aryl methyl sites for hydroxylation is 1. The maximum Gasteiger partial charge on any atom is 0.301 e. The van der Waals surface area contributed by atoms with E-state index >= 15 is 0 Å². The third kappa shape index (κ3) is 2.85.